The lowest BCUT2D eigenvalue weighted by Crippen LogP contribution is -2.40. The van der Waals surface area contributed by atoms with E-state index in [2.05, 4.69) is 5.32 Å². The second-order valence-corrected chi connectivity index (χ2v) is 9.88. The number of aryl methyl sites for hydroxylation is 1. The van der Waals surface area contributed by atoms with Crippen molar-refractivity contribution in [3.63, 3.8) is 0 Å². The predicted molar refractivity (Wildman–Crippen MR) is 128 cm³/mol. The fourth-order valence-corrected chi connectivity index (χ4v) is 6.18. The molecule has 3 N–H and O–H groups in total. The topological polar surface area (TPSA) is 101 Å². The van der Waals surface area contributed by atoms with Gasteiger partial charge in [0.2, 0.25) is 5.91 Å². The maximum atomic E-state index is 14.9. The summed E-state index contributed by atoms with van der Waals surface area (Å²) >= 11 is 0. The molecule has 0 fully saturated rings. The molecular weight excluding hydrogens is 451 g/mol. The normalized spacial score (nSPS) is 22.0. The monoisotopic (exact) mass is 478 g/mol. The Hall–Kier alpha value is -3.07. The summed E-state index contributed by atoms with van der Waals surface area (Å²) in [6.07, 6.45) is 1.58. The van der Waals surface area contributed by atoms with Crippen LogP contribution in [0.3, 0.4) is 0 Å². The minimum Gasteiger partial charge on any atom is -0.387 e. The fourth-order valence-electron chi connectivity index (χ4n) is 6.18. The highest BCUT2D eigenvalue weighted by Gasteiger charge is 2.39. The molecule has 2 aliphatic heterocycles. The van der Waals surface area contributed by atoms with Crippen LogP contribution in [-0.2, 0) is 34.7 Å². The molecule has 3 aromatic rings. The van der Waals surface area contributed by atoms with Gasteiger partial charge in [-0.1, -0.05) is 6.92 Å². The van der Waals surface area contributed by atoms with Crippen LogP contribution in [-0.4, -0.2) is 33.9 Å². The first kappa shape index (κ1) is 22.4. The van der Waals surface area contributed by atoms with Crippen molar-refractivity contribution in [2.75, 3.05) is 13.2 Å². The number of benzene rings is 2. The van der Waals surface area contributed by atoms with Crippen molar-refractivity contribution in [1.82, 2.24) is 9.88 Å². The molecule has 2 aromatic carbocycles. The van der Waals surface area contributed by atoms with Gasteiger partial charge in [-0.15, -0.1) is 0 Å². The highest BCUT2D eigenvalue weighted by atomic mass is 19.1. The number of hydrogen-bond donors (Lipinski definition) is 3. The predicted octanol–water partition coefficient (Wildman–Crippen LogP) is 2.70. The lowest BCUT2D eigenvalue weighted by atomic mass is 9.79. The number of nitrogens with zero attached hydrogens (tertiary/aromatic N) is 1. The number of aromatic nitrogens is 1. The van der Waals surface area contributed by atoms with Crippen molar-refractivity contribution in [2.45, 2.75) is 57.9 Å². The quantitative estimate of drug-likeness (QED) is 0.420. The summed E-state index contributed by atoms with van der Waals surface area (Å²) in [5.74, 6) is -0.758. The minimum absolute atomic E-state index is 0.123. The molecule has 7 nitrogen and oxygen atoms in total. The van der Waals surface area contributed by atoms with Crippen LogP contribution in [0.5, 0.6) is 0 Å². The second kappa shape index (κ2) is 7.71. The number of pyridine rings is 1. The van der Waals surface area contributed by atoms with E-state index in [0.717, 1.165) is 27.6 Å². The van der Waals surface area contributed by atoms with E-state index in [9.17, 15) is 24.2 Å². The molecule has 35 heavy (non-hydrogen) atoms. The molecule has 0 spiro atoms. The van der Waals surface area contributed by atoms with Crippen molar-refractivity contribution in [2.24, 2.45) is 0 Å². The first-order chi connectivity index (χ1) is 16.8. The molecule has 1 amide bonds. The zero-order valence-corrected chi connectivity index (χ0v) is 19.7. The van der Waals surface area contributed by atoms with Gasteiger partial charge in [0.1, 0.15) is 18.0 Å². The summed E-state index contributed by atoms with van der Waals surface area (Å²) in [5, 5.41) is 25.1. The second-order valence-electron chi connectivity index (χ2n) is 9.88. The Morgan fingerprint density at radius 1 is 1.29 bits per heavy atom. The largest absolute Gasteiger partial charge is 0.387 e. The van der Waals surface area contributed by atoms with Crippen LogP contribution in [0.15, 0.2) is 23.0 Å². The Balaban J connectivity index is 1.66. The molecule has 1 aromatic heterocycles. The number of carbonyl (C=O) groups is 1. The first-order valence-corrected chi connectivity index (χ1v) is 12.0. The summed E-state index contributed by atoms with van der Waals surface area (Å²) < 4.78 is 22.2. The maximum absolute atomic E-state index is 14.9. The summed E-state index contributed by atoms with van der Waals surface area (Å²) in [6.45, 7) is 3.59. The third kappa shape index (κ3) is 3.06. The van der Waals surface area contributed by atoms with Gasteiger partial charge in [-0.2, -0.15) is 0 Å². The first-order valence-electron chi connectivity index (χ1n) is 12.0. The number of carbonyl (C=O) groups excluding carboxylic acids is 1. The Kier molecular flexibility index (Phi) is 4.94. The summed E-state index contributed by atoms with van der Waals surface area (Å²) in [4.78, 5) is 25.7. The molecule has 3 aliphatic rings. The van der Waals surface area contributed by atoms with Gasteiger partial charge in [-0.3, -0.25) is 9.59 Å². The highest BCUT2D eigenvalue weighted by Crippen LogP contribution is 2.47. The Morgan fingerprint density at radius 2 is 2.09 bits per heavy atom. The minimum atomic E-state index is -1.25. The number of aliphatic hydroxyl groups excluding tert-OH is 1. The SMILES string of the molecule is CC[C@@]1(O)COCc2c1cc1n(c2=O)Cc2c-1cc1cc(F)c(C)c3c1c2[C@@H](NC(=O)CO)CC3. The maximum Gasteiger partial charge on any atom is 0.257 e. The molecule has 1 aliphatic carbocycles. The van der Waals surface area contributed by atoms with Crippen molar-refractivity contribution in [3.05, 3.63) is 67.8 Å². The molecule has 0 saturated carbocycles. The Bertz CT molecular complexity index is 1490. The molecule has 0 saturated heterocycles. The lowest BCUT2D eigenvalue weighted by Gasteiger charge is -2.33. The summed E-state index contributed by atoms with van der Waals surface area (Å²) in [5.41, 5.74) is 4.39. The van der Waals surface area contributed by atoms with Crippen molar-refractivity contribution < 1.29 is 24.1 Å². The van der Waals surface area contributed by atoms with Gasteiger partial charge >= 0.3 is 0 Å². The van der Waals surface area contributed by atoms with Gasteiger partial charge in [0.25, 0.3) is 5.56 Å². The number of hydrogen-bond acceptors (Lipinski definition) is 5. The van der Waals surface area contributed by atoms with E-state index >= 15 is 0 Å². The van der Waals surface area contributed by atoms with E-state index < -0.39 is 18.1 Å². The average Bonchev–Trinajstić information content (AvgIpc) is 3.22. The molecule has 2 atom stereocenters. The number of fused-ring (bicyclic) bond motifs is 5. The summed E-state index contributed by atoms with van der Waals surface area (Å²) in [6, 6.07) is 4.96. The third-order valence-electron chi connectivity index (χ3n) is 8.08. The lowest BCUT2D eigenvalue weighted by molar-refractivity contribution is -0.124. The number of ether oxygens (including phenoxy) is 1. The number of nitrogens with one attached hydrogen (secondary N) is 1. The zero-order valence-electron chi connectivity index (χ0n) is 19.7. The van der Waals surface area contributed by atoms with Crippen molar-refractivity contribution in [1.29, 1.82) is 0 Å². The van der Waals surface area contributed by atoms with Crippen molar-refractivity contribution >= 4 is 16.7 Å². The standard InChI is InChI=1S/C27H27FN2O5/c1-3-27(34)12-35-11-18-19(27)8-22-16-6-14-7-20(28)13(2)15-4-5-21(29-23(32)10-31)25(24(14)15)17(16)9-30(22)26(18)33/h6-8,21,31,34H,3-5,9-12H2,1-2H3,(H,29,32)/t21-,27+/m0/s1. The van der Waals surface area contributed by atoms with Crippen LogP contribution in [0.4, 0.5) is 4.39 Å². The molecule has 0 radical (unpaired) electrons. The van der Waals surface area contributed by atoms with E-state index in [1.54, 1.807) is 11.5 Å². The van der Waals surface area contributed by atoms with Crippen LogP contribution in [0.25, 0.3) is 22.0 Å². The molecular formula is C27H27FN2O5. The van der Waals surface area contributed by atoms with Gasteiger partial charge in [0.15, 0.2) is 0 Å². The van der Waals surface area contributed by atoms with Crippen LogP contribution in [0.1, 0.15) is 59.2 Å². The Labute approximate surface area is 201 Å². The summed E-state index contributed by atoms with van der Waals surface area (Å²) in [7, 11) is 0. The molecule has 8 heteroatoms. The van der Waals surface area contributed by atoms with E-state index in [4.69, 9.17) is 4.74 Å². The average molecular weight is 479 g/mol. The number of halogens is 1. The molecule has 0 bridgehead atoms. The zero-order chi connectivity index (χ0) is 24.6. The van der Waals surface area contributed by atoms with E-state index in [-0.39, 0.29) is 30.6 Å². The van der Waals surface area contributed by atoms with Crippen molar-refractivity contribution in [3.8, 4) is 11.3 Å². The van der Waals surface area contributed by atoms with E-state index in [1.807, 2.05) is 19.1 Å². The molecule has 0 unspecified atom stereocenters. The molecule has 6 rings (SSSR count). The molecule has 182 valence electrons. The molecule has 3 heterocycles. The highest BCUT2D eigenvalue weighted by molar-refractivity contribution is 5.97. The number of aliphatic hydroxyl groups is 2. The van der Waals surface area contributed by atoms with E-state index in [0.29, 0.717) is 53.6 Å². The number of amides is 1. The van der Waals surface area contributed by atoms with Gasteiger partial charge in [0, 0.05) is 11.1 Å². The van der Waals surface area contributed by atoms with Gasteiger partial charge in [-0.25, -0.2) is 4.39 Å². The van der Waals surface area contributed by atoms with E-state index in [1.165, 1.54) is 6.07 Å². The van der Waals surface area contributed by atoms with Gasteiger partial charge in [-0.05, 0) is 83.0 Å². The number of rotatable bonds is 3. The smallest absolute Gasteiger partial charge is 0.257 e. The van der Waals surface area contributed by atoms with Crippen LogP contribution < -0.4 is 10.9 Å². The van der Waals surface area contributed by atoms with Gasteiger partial charge in [0.05, 0.1) is 31.5 Å². The van der Waals surface area contributed by atoms with Crippen LogP contribution >= 0.6 is 0 Å². The fraction of sp³-hybridized carbons (Fsp3) is 0.407. The third-order valence-corrected chi connectivity index (χ3v) is 8.08. The Morgan fingerprint density at radius 3 is 2.83 bits per heavy atom. The van der Waals surface area contributed by atoms with Gasteiger partial charge < -0.3 is 24.8 Å². The van der Waals surface area contributed by atoms with Crippen LogP contribution in [0.2, 0.25) is 0 Å². The van der Waals surface area contributed by atoms with Crippen LogP contribution in [0, 0.1) is 12.7 Å².